The van der Waals surface area contributed by atoms with Gasteiger partial charge in [-0.05, 0) is 43.8 Å². The molecule has 0 bridgehead atoms. The van der Waals surface area contributed by atoms with Gasteiger partial charge in [-0.15, -0.1) is 0 Å². The second-order valence-corrected chi connectivity index (χ2v) is 4.76. The molecule has 1 fully saturated rings. The van der Waals surface area contributed by atoms with Crippen molar-refractivity contribution < 1.29 is 0 Å². The van der Waals surface area contributed by atoms with Crippen molar-refractivity contribution in [2.45, 2.75) is 31.7 Å². The average molecular weight is 222 g/mol. The fraction of sp³-hybridized carbons (Fsp3) is 0.750. The Hall–Kier alpha value is -0.870. The van der Waals surface area contributed by atoms with Crippen LogP contribution in [0.5, 0.6) is 0 Å². The minimum Gasteiger partial charge on any atom is -0.330 e. The van der Waals surface area contributed by atoms with Crippen LogP contribution in [0.25, 0.3) is 0 Å². The summed E-state index contributed by atoms with van der Waals surface area (Å²) in [6, 6.07) is 0.640. The summed E-state index contributed by atoms with van der Waals surface area (Å²) in [5, 5.41) is 7.79. The number of nitrogens with zero attached hydrogens (tertiary/aromatic N) is 2. The lowest BCUT2D eigenvalue weighted by atomic mass is 10.0. The van der Waals surface area contributed by atoms with Crippen molar-refractivity contribution in [1.82, 2.24) is 15.1 Å². The fourth-order valence-corrected chi connectivity index (χ4v) is 2.59. The fourth-order valence-electron chi connectivity index (χ4n) is 2.59. The maximum atomic E-state index is 5.76. The molecule has 2 unspecified atom stereocenters. The molecule has 0 aliphatic heterocycles. The number of nitrogens with one attached hydrogen (secondary N) is 1. The quantitative estimate of drug-likeness (QED) is 0.770. The second kappa shape index (κ2) is 5.46. The Morgan fingerprint density at radius 1 is 1.56 bits per heavy atom. The molecular formula is C12H22N4. The van der Waals surface area contributed by atoms with Gasteiger partial charge in [0, 0.05) is 19.3 Å². The minimum atomic E-state index is 0.640. The highest BCUT2D eigenvalue weighted by molar-refractivity contribution is 5.04. The van der Waals surface area contributed by atoms with Crippen LogP contribution >= 0.6 is 0 Å². The molecule has 0 saturated heterocycles. The van der Waals surface area contributed by atoms with Crippen molar-refractivity contribution in [3.05, 3.63) is 18.0 Å². The van der Waals surface area contributed by atoms with E-state index in [4.69, 9.17) is 5.73 Å². The van der Waals surface area contributed by atoms with Crippen molar-refractivity contribution in [2.24, 2.45) is 18.7 Å². The standard InChI is InChI=1S/C12H22N4/c1-16-9-10(8-15-16)5-6-14-12-4-2-3-11(12)7-13/h8-9,11-12,14H,2-7,13H2,1H3. The summed E-state index contributed by atoms with van der Waals surface area (Å²) in [5.41, 5.74) is 7.06. The zero-order chi connectivity index (χ0) is 11.4. The summed E-state index contributed by atoms with van der Waals surface area (Å²) < 4.78 is 1.85. The van der Waals surface area contributed by atoms with Gasteiger partial charge in [0.25, 0.3) is 0 Å². The molecule has 0 amide bonds. The Morgan fingerprint density at radius 2 is 2.44 bits per heavy atom. The maximum Gasteiger partial charge on any atom is 0.0522 e. The topological polar surface area (TPSA) is 55.9 Å². The van der Waals surface area contributed by atoms with Crippen LogP contribution in [-0.2, 0) is 13.5 Å². The molecule has 1 aliphatic rings. The Balaban J connectivity index is 1.71. The molecule has 2 rings (SSSR count). The van der Waals surface area contributed by atoms with Crippen molar-refractivity contribution >= 4 is 0 Å². The van der Waals surface area contributed by atoms with Gasteiger partial charge in [-0.3, -0.25) is 4.68 Å². The van der Waals surface area contributed by atoms with Crippen LogP contribution in [-0.4, -0.2) is 28.9 Å². The van der Waals surface area contributed by atoms with Crippen molar-refractivity contribution in [2.75, 3.05) is 13.1 Å². The number of aryl methyl sites for hydroxylation is 1. The maximum absolute atomic E-state index is 5.76. The molecule has 0 radical (unpaired) electrons. The number of rotatable bonds is 5. The molecule has 90 valence electrons. The first-order valence-corrected chi connectivity index (χ1v) is 6.20. The van der Waals surface area contributed by atoms with E-state index in [9.17, 15) is 0 Å². The SMILES string of the molecule is Cn1cc(CCNC2CCCC2CN)cn1. The monoisotopic (exact) mass is 222 g/mol. The van der Waals surface area contributed by atoms with Crippen LogP contribution in [0.15, 0.2) is 12.4 Å². The van der Waals surface area contributed by atoms with E-state index in [0.29, 0.717) is 12.0 Å². The van der Waals surface area contributed by atoms with Gasteiger partial charge in [-0.2, -0.15) is 5.10 Å². The molecule has 1 aliphatic carbocycles. The largest absolute Gasteiger partial charge is 0.330 e. The van der Waals surface area contributed by atoms with E-state index in [2.05, 4.69) is 16.6 Å². The zero-order valence-electron chi connectivity index (χ0n) is 10.0. The van der Waals surface area contributed by atoms with Gasteiger partial charge in [0.1, 0.15) is 0 Å². The predicted octanol–water partition coefficient (Wildman–Crippen LogP) is 0.680. The van der Waals surface area contributed by atoms with Gasteiger partial charge in [0.2, 0.25) is 0 Å². The highest BCUT2D eigenvalue weighted by atomic mass is 15.2. The number of hydrogen-bond donors (Lipinski definition) is 2. The van der Waals surface area contributed by atoms with Gasteiger partial charge in [-0.1, -0.05) is 6.42 Å². The third kappa shape index (κ3) is 2.83. The molecule has 0 spiro atoms. The van der Waals surface area contributed by atoms with Gasteiger partial charge in [0.15, 0.2) is 0 Å². The van der Waals surface area contributed by atoms with Crippen LogP contribution < -0.4 is 11.1 Å². The third-order valence-electron chi connectivity index (χ3n) is 3.54. The van der Waals surface area contributed by atoms with Crippen LogP contribution in [0, 0.1) is 5.92 Å². The summed E-state index contributed by atoms with van der Waals surface area (Å²) in [6.07, 6.45) is 8.98. The molecule has 1 heterocycles. The Bertz CT molecular complexity index is 321. The van der Waals surface area contributed by atoms with Gasteiger partial charge >= 0.3 is 0 Å². The van der Waals surface area contributed by atoms with E-state index in [-0.39, 0.29) is 0 Å². The highest BCUT2D eigenvalue weighted by Crippen LogP contribution is 2.24. The molecule has 2 atom stereocenters. The van der Waals surface area contributed by atoms with E-state index >= 15 is 0 Å². The molecule has 4 heteroatoms. The molecule has 1 saturated carbocycles. The first-order chi connectivity index (χ1) is 7.79. The van der Waals surface area contributed by atoms with E-state index in [0.717, 1.165) is 19.5 Å². The van der Waals surface area contributed by atoms with Gasteiger partial charge < -0.3 is 11.1 Å². The Labute approximate surface area is 97.2 Å². The van der Waals surface area contributed by atoms with E-state index in [1.807, 2.05) is 17.9 Å². The lowest BCUT2D eigenvalue weighted by Crippen LogP contribution is -2.37. The first kappa shape index (κ1) is 11.6. The molecule has 3 N–H and O–H groups in total. The van der Waals surface area contributed by atoms with Crippen molar-refractivity contribution in [3.63, 3.8) is 0 Å². The first-order valence-electron chi connectivity index (χ1n) is 6.20. The minimum absolute atomic E-state index is 0.640. The van der Waals surface area contributed by atoms with Crippen molar-refractivity contribution in [1.29, 1.82) is 0 Å². The number of aromatic nitrogens is 2. The molecule has 4 nitrogen and oxygen atoms in total. The normalized spacial score (nSPS) is 25.1. The zero-order valence-corrected chi connectivity index (χ0v) is 10.0. The van der Waals surface area contributed by atoms with E-state index in [1.54, 1.807) is 0 Å². The number of nitrogens with two attached hydrogens (primary N) is 1. The number of hydrogen-bond acceptors (Lipinski definition) is 3. The van der Waals surface area contributed by atoms with Crippen LogP contribution in [0.2, 0.25) is 0 Å². The van der Waals surface area contributed by atoms with E-state index in [1.165, 1.54) is 24.8 Å². The average Bonchev–Trinajstić information content (AvgIpc) is 2.87. The summed E-state index contributed by atoms with van der Waals surface area (Å²) >= 11 is 0. The van der Waals surface area contributed by atoms with Crippen molar-refractivity contribution in [3.8, 4) is 0 Å². The highest BCUT2D eigenvalue weighted by Gasteiger charge is 2.24. The van der Waals surface area contributed by atoms with Crippen LogP contribution in [0.1, 0.15) is 24.8 Å². The summed E-state index contributed by atoms with van der Waals surface area (Å²) in [4.78, 5) is 0. The Morgan fingerprint density at radius 3 is 3.12 bits per heavy atom. The summed E-state index contributed by atoms with van der Waals surface area (Å²) in [6.45, 7) is 1.86. The molecule has 16 heavy (non-hydrogen) atoms. The smallest absolute Gasteiger partial charge is 0.0522 e. The molecule has 1 aromatic heterocycles. The molecule has 1 aromatic rings. The van der Waals surface area contributed by atoms with Gasteiger partial charge in [0.05, 0.1) is 6.20 Å². The van der Waals surface area contributed by atoms with Crippen LogP contribution in [0.3, 0.4) is 0 Å². The second-order valence-electron chi connectivity index (χ2n) is 4.76. The van der Waals surface area contributed by atoms with E-state index < -0.39 is 0 Å². The molecular weight excluding hydrogens is 200 g/mol. The summed E-state index contributed by atoms with van der Waals surface area (Å²) in [5.74, 6) is 0.689. The lowest BCUT2D eigenvalue weighted by Gasteiger charge is -2.19. The van der Waals surface area contributed by atoms with Crippen LogP contribution in [0.4, 0.5) is 0 Å². The van der Waals surface area contributed by atoms with Gasteiger partial charge in [-0.25, -0.2) is 0 Å². The molecule has 0 aromatic carbocycles. The third-order valence-corrected chi connectivity index (χ3v) is 3.54. The predicted molar refractivity (Wildman–Crippen MR) is 65.1 cm³/mol. The summed E-state index contributed by atoms with van der Waals surface area (Å²) in [7, 11) is 1.96. The Kier molecular flexibility index (Phi) is 3.96. The lowest BCUT2D eigenvalue weighted by molar-refractivity contribution is 0.410.